The Bertz CT molecular complexity index is 416. The zero-order chi connectivity index (χ0) is 11.5. The lowest BCUT2D eigenvalue weighted by Gasteiger charge is -2.21. The van der Waals surface area contributed by atoms with E-state index in [2.05, 4.69) is 5.92 Å². The summed E-state index contributed by atoms with van der Waals surface area (Å²) in [6.45, 7) is 3.32. The smallest absolute Gasteiger partial charge is 0.163 e. The summed E-state index contributed by atoms with van der Waals surface area (Å²) in [5.74, 6) is 1.94. The summed E-state index contributed by atoms with van der Waals surface area (Å²) in [4.78, 5) is 10.7. The summed E-state index contributed by atoms with van der Waals surface area (Å²) in [5, 5.41) is 0. The van der Waals surface area contributed by atoms with E-state index in [1.807, 2.05) is 0 Å². The molecule has 0 aliphatic carbocycles. The molecule has 0 unspecified atom stereocenters. The summed E-state index contributed by atoms with van der Waals surface area (Å²) < 4.78 is 18.5. The lowest BCUT2D eigenvalue weighted by Crippen LogP contribution is -2.26. The minimum Gasteiger partial charge on any atom is -0.474 e. The Hall–Kier alpha value is -1.82. The van der Waals surface area contributed by atoms with E-state index in [-0.39, 0.29) is 11.3 Å². The van der Waals surface area contributed by atoms with Crippen molar-refractivity contribution in [3.8, 4) is 18.1 Å². The van der Waals surface area contributed by atoms with E-state index < -0.39 is 11.4 Å². The quantitative estimate of drug-likeness (QED) is 0.560. The Morgan fingerprint density at radius 3 is 2.73 bits per heavy atom. The molecule has 0 heterocycles. The van der Waals surface area contributed by atoms with Gasteiger partial charge in [-0.05, 0) is 26.0 Å². The van der Waals surface area contributed by atoms with Gasteiger partial charge in [0.25, 0.3) is 0 Å². The zero-order valence-electron chi connectivity index (χ0n) is 8.58. The van der Waals surface area contributed by atoms with Gasteiger partial charge < -0.3 is 4.74 Å². The number of ether oxygens (including phenoxy) is 1. The Morgan fingerprint density at radius 2 is 2.20 bits per heavy atom. The zero-order valence-corrected chi connectivity index (χ0v) is 8.58. The number of hydrogen-bond acceptors (Lipinski definition) is 2. The fourth-order valence-corrected chi connectivity index (χ4v) is 1.02. The Labute approximate surface area is 88.1 Å². The van der Waals surface area contributed by atoms with Gasteiger partial charge in [-0.15, -0.1) is 6.42 Å². The summed E-state index contributed by atoms with van der Waals surface area (Å²) in [5.41, 5.74) is -0.980. The SMILES string of the molecule is C#CC(C)(C)Oc1cccc(F)c1C=O. The Morgan fingerprint density at radius 1 is 1.53 bits per heavy atom. The van der Waals surface area contributed by atoms with E-state index in [4.69, 9.17) is 11.2 Å². The van der Waals surface area contributed by atoms with Crippen molar-refractivity contribution in [3.05, 3.63) is 29.6 Å². The van der Waals surface area contributed by atoms with Gasteiger partial charge in [-0.2, -0.15) is 0 Å². The molecule has 0 atom stereocenters. The fraction of sp³-hybridized carbons (Fsp3) is 0.250. The molecule has 0 amide bonds. The Balaban J connectivity index is 3.11. The first-order valence-corrected chi connectivity index (χ1v) is 4.40. The average molecular weight is 206 g/mol. The fourth-order valence-electron chi connectivity index (χ4n) is 1.02. The van der Waals surface area contributed by atoms with Crippen LogP contribution in [0.3, 0.4) is 0 Å². The van der Waals surface area contributed by atoms with Gasteiger partial charge in [0.05, 0.1) is 5.56 Å². The molecule has 15 heavy (non-hydrogen) atoms. The maximum Gasteiger partial charge on any atom is 0.163 e. The third-order valence-electron chi connectivity index (χ3n) is 1.84. The van der Waals surface area contributed by atoms with Crippen LogP contribution in [0.25, 0.3) is 0 Å². The van der Waals surface area contributed by atoms with Gasteiger partial charge in [0.2, 0.25) is 0 Å². The van der Waals surface area contributed by atoms with Crippen molar-refractivity contribution >= 4 is 6.29 Å². The largest absolute Gasteiger partial charge is 0.474 e. The third kappa shape index (κ3) is 2.57. The van der Waals surface area contributed by atoms with Crippen molar-refractivity contribution in [3.63, 3.8) is 0 Å². The number of carbonyl (C=O) groups is 1. The van der Waals surface area contributed by atoms with Crippen molar-refractivity contribution < 1.29 is 13.9 Å². The monoisotopic (exact) mass is 206 g/mol. The molecule has 0 bridgehead atoms. The lowest BCUT2D eigenvalue weighted by atomic mass is 10.1. The Kier molecular flexibility index (Phi) is 3.11. The second kappa shape index (κ2) is 4.14. The maximum atomic E-state index is 13.2. The van der Waals surface area contributed by atoms with Crippen LogP contribution in [-0.2, 0) is 0 Å². The molecular weight excluding hydrogens is 195 g/mol. The molecule has 0 aromatic heterocycles. The van der Waals surface area contributed by atoms with Gasteiger partial charge in [-0.1, -0.05) is 12.0 Å². The molecule has 0 spiro atoms. The molecule has 2 nitrogen and oxygen atoms in total. The van der Waals surface area contributed by atoms with Gasteiger partial charge in [-0.3, -0.25) is 4.79 Å². The molecule has 1 aromatic carbocycles. The molecule has 0 fully saturated rings. The molecule has 1 aromatic rings. The molecule has 0 saturated carbocycles. The van der Waals surface area contributed by atoms with Gasteiger partial charge >= 0.3 is 0 Å². The van der Waals surface area contributed by atoms with Gasteiger partial charge in [0, 0.05) is 0 Å². The standard InChI is InChI=1S/C12H11FO2/c1-4-12(2,3)15-11-7-5-6-10(13)9(11)8-14/h1,5-8H,2-3H3. The first-order chi connectivity index (χ1) is 7.00. The van der Waals surface area contributed by atoms with Crippen LogP contribution in [0, 0.1) is 18.2 Å². The molecule has 1 rings (SSSR count). The molecule has 3 heteroatoms. The second-order valence-corrected chi connectivity index (χ2v) is 3.53. The van der Waals surface area contributed by atoms with E-state index in [0.29, 0.717) is 6.29 Å². The van der Waals surface area contributed by atoms with E-state index in [0.717, 1.165) is 0 Å². The van der Waals surface area contributed by atoms with Crippen LogP contribution in [0.15, 0.2) is 18.2 Å². The van der Waals surface area contributed by atoms with Crippen LogP contribution < -0.4 is 4.74 Å². The van der Waals surface area contributed by atoms with Gasteiger partial charge in [0.1, 0.15) is 11.6 Å². The van der Waals surface area contributed by atoms with Crippen molar-refractivity contribution in [2.45, 2.75) is 19.4 Å². The lowest BCUT2D eigenvalue weighted by molar-refractivity contribution is 0.110. The third-order valence-corrected chi connectivity index (χ3v) is 1.84. The van der Waals surface area contributed by atoms with Crippen molar-refractivity contribution in [2.24, 2.45) is 0 Å². The second-order valence-electron chi connectivity index (χ2n) is 3.53. The van der Waals surface area contributed by atoms with Gasteiger partial charge in [0.15, 0.2) is 11.9 Å². The van der Waals surface area contributed by atoms with Crippen LogP contribution >= 0.6 is 0 Å². The van der Waals surface area contributed by atoms with E-state index in [1.54, 1.807) is 13.8 Å². The first kappa shape index (κ1) is 11.3. The molecular formula is C12H11FO2. The van der Waals surface area contributed by atoms with Crippen molar-refractivity contribution in [2.75, 3.05) is 0 Å². The van der Waals surface area contributed by atoms with Crippen LogP contribution in [-0.4, -0.2) is 11.9 Å². The molecule has 0 radical (unpaired) electrons. The molecule has 78 valence electrons. The molecule has 0 saturated heterocycles. The summed E-state index contributed by atoms with van der Waals surface area (Å²) >= 11 is 0. The summed E-state index contributed by atoms with van der Waals surface area (Å²) in [7, 11) is 0. The van der Waals surface area contributed by atoms with Crippen LogP contribution in [0.1, 0.15) is 24.2 Å². The molecule has 0 aliphatic rings. The predicted octanol–water partition coefficient (Wildman–Crippen LogP) is 2.43. The number of benzene rings is 1. The predicted molar refractivity (Wildman–Crippen MR) is 55.3 cm³/mol. The number of aldehydes is 1. The molecule has 0 N–H and O–H groups in total. The van der Waals surface area contributed by atoms with Crippen molar-refractivity contribution in [1.82, 2.24) is 0 Å². The number of hydrogen-bond donors (Lipinski definition) is 0. The number of carbonyl (C=O) groups excluding carboxylic acids is 1. The summed E-state index contributed by atoms with van der Waals surface area (Å²) in [6, 6.07) is 4.16. The number of terminal acetylenes is 1. The number of halogens is 1. The van der Waals surface area contributed by atoms with E-state index >= 15 is 0 Å². The highest BCUT2D eigenvalue weighted by molar-refractivity contribution is 5.79. The topological polar surface area (TPSA) is 26.3 Å². The van der Waals surface area contributed by atoms with Crippen molar-refractivity contribution in [1.29, 1.82) is 0 Å². The number of rotatable bonds is 3. The first-order valence-electron chi connectivity index (χ1n) is 4.40. The maximum absolute atomic E-state index is 13.2. The van der Waals surface area contributed by atoms with Crippen LogP contribution in [0.2, 0.25) is 0 Å². The molecule has 0 aliphatic heterocycles. The van der Waals surface area contributed by atoms with Crippen LogP contribution in [0.5, 0.6) is 5.75 Å². The highest BCUT2D eigenvalue weighted by Gasteiger charge is 2.18. The minimum atomic E-state index is -0.869. The van der Waals surface area contributed by atoms with Gasteiger partial charge in [-0.25, -0.2) is 4.39 Å². The minimum absolute atomic E-state index is 0.110. The highest BCUT2D eigenvalue weighted by atomic mass is 19.1. The van der Waals surface area contributed by atoms with E-state index in [9.17, 15) is 9.18 Å². The normalized spacial score (nSPS) is 10.5. The van der Waals surface area contributed by atoms with Crippen LogP contribution in [0.4, 0.5) is 4.39 Å². The highest BCUT2D eigenvalue weighted by Crippen LogP contribution is 2.23. The summed E-state index contributed by atoms with van der Waals surface area (Å²) in [6.07, 6.45) is 5.64. The van der Waals surface area contributed by atoms with E-state index in [1.165, 1.54) is 18.2 Å². The average Bonchev–Trinajstić information content (AvgIpc) is 2.18.